The summed E-state index contributed by atoms with van der Waals surface area (Å²) in [5.74, 6) is 0.890. The van der Waals surface area contributed by atoms with E-state index in [2.05, 4.69) is 10.3 Å². The van der Waals surface area contributed by atoms with E-state index in [9.17, 15) is 4.79 Å². The topological polar surface area (TPSA) is 64.4 Å². The molecular formula is C12H13ClN2O3. The first-order chi connectivity index (χ1) is 8.60. The van der Waals surface area contributed by atoms with Crippen LogP contribution in [0.3, 0.4) is 0 Å². The number of nitrogens with one attached hydrogen (secondary N) is 1. The van der Waals surface area contributed by atoms with Crippen molar-refractivity contribution in [2.24, 2.45) is 0 Å². The lowest BCUT2D eigenvalue weighted by Gasteiger charge is -2.02. The van der Waals surface area contributed by atoms with Crippen molar-refractivity contribution in [3.05, 3.63) is 24.1 Å². The van der Waals surface area contributed by atoms with Crippen LogP contribution < -0.4 is 10.1 Å². The van der Waals surface area contributed by atoms with Gasteiger partial charge in [0.1, 0.15) is 16.6 Å². The van der Waals surface area contributed by atoms with Crippen LogP contribution in [0.5, 0.6) is 5.75 Å². The van der Waals surface area contributed by atoms with Crippen LogP contribution in [0, 0.1) is 0 Å². The molecule has 5 nitrogen and oxygen atoms in total. The number of methoxy groups -OCH3 is 1. The van der Waals surface area contributed by atoms with Gasteiger partial charge in [0.2, 0.25) is 11.8 Å². The van der Waals surface area contributed by atoms with Crippen molar-refractivity contribution in [3.8, 4) is 5.75 Å². The predicted molar refractivity (Wildman–Crippen MR) is 67.7 cm³/mol. The molecule has 2 aromatic rings. The smallest absolute Gasteiger partial charge is 0.238 e. The zero-order valence-electron chi connectivity index (χ0n) is 10.1. The summed E-state index contributed by atoms with van der Waals surface area (Å²) < 4.78 is 10.6. The van der Waals surface area contributed by atoms with E-state index in [1.807, 2.05) is 0 Å². The molecule has 1 atom stereocenters. The van der Waals surface area contributed by atoms with Gasteiger partial charge in [-0.2, -0.15) is 0 Å². The summed E-state index contributed by atoms with van der Waals surface area (Å²) in [5.41, 5.74) is 1.34. The number of alkyl halides is 1. The van der Waals surface area contributed by atoms with Crippen LogP contribution in [0.2, 0.25) is 0 Å². The Balaban J connectivity index is 2.12. The molecule has 2 rings (SSSR count). The first kappa shape index (κ1) is 12.7. The normalized spacial score (nSPS) is 12.4. The highest BCUT2D eigenvalue weighted by atomic mass is 35.5. The van der Waals surface area contributed by atoms with Gasteiger partial charge in [0, 0.05) is 6.07 Å². The molecule has 0 saturated heterocycles. The molecule has 18 heavy (non-hydrogen) atoms. The monoisotopic (exact) mass is 268 g/mol. The number of aromatic nitrogens is 1. The Morgan fingerprint density at radius 2 is 2.39 bits per heavy atom. The fourth-order valence-electron chi connectivity index (χ4n) is 1.46. The molecule has 1 heterocycles. The summed E-state index contributed by atoms with van der Waals surface area (Å²) >= 11 is 5.63. The Kier molecular flexibility index (Phi) is 3.72. The number of rotatable bonds is 4. The first-order valence-corrected chi connectivity index (χ1v) is 5.89. The van der Waals surface area contributed by atoms with E-state index in [0.717, 1.165) is 0 Å². The molecular weight excluding hydrogens is 256 g/mol. The maximum atomic E-state index is 11.3. The quantitative estimate of drug-likeness (QED) is 0.863. The van der Waals surface area contributed by atoms with Crippen molar-refractivity contribution in [3.63, 3.8) is 0 Å². The van der Waals surface area contributed by atoms with Crippen molar-refractivity contribution in [2.75, 3.05) is 7.11 Å². The number of carbonyl (C=O) groups excluding carboxylic acids is 1. The fourth-order valence-corrected chi connectivity index (χ4v) is 1.54. The second-order valence-corrected chi connectivity index (χ2v) is 4.43. The molecule has 6 heteroatoms. The van der Waals surface area contributed by atoms with Gasteiger partial charge in [0.25, 0.3) is 0 Å². The standard InChI is InChI=1S/C12H13ClN2O3/c1-7(13)12(16)14-6-11-15-9-5-8(17-2)3-4-10(9)18-11/h3-5,7H,6H2,1-2H3,(H,14,16). The Hall–Kier alpha value is -1.75. The third kappa shape index (κ3) is 2.73. The highest BCUT2D eigenvalue weighted by Gasteiger charge is 2.11. The van der Waals surface area contributed by atoms with E-state index in [0.29, 0.717) is 22.7 Å². The third-order valence-corrected chi connectivity index (χ3v) is 2.61. The van der Waals surface area contributed by atoms with Crippen LogP contribution in [0.1, 0.15) is 12.8 Å². The minimum absolute atomic E-state index is 0.215. The maximum Gasteiger partial charge on any atom is 0.238 e. The molecule has 0 aliphatic rings. The van der Waals surface area contributed by atoms with Crippen LogP contribution >= 0.6 is 11.6 Å². The van der Waals surface area contributed by atoms with Gasteiger partial charge in [-0.1, -0.05) is 0 Å². The summed E-state index contributed by atoms with van der Waals surface area (Å²) in [6.07, 6.45) is 0. The van der Waals surface area contributed by atoms with Gasteiger partial charge in [-0.15, -0.1) is 11.6 Å². The largest absolute Gasteiger partial charge is 0.497 e. The van der Waals surface area contributed by atoms with E-state index < -0.39 is 5.38 Å². The molecule has 0 spiro atoms. The van der Waals surface area contributed by atoms with Crippen LogP contribution in [-0.2, 0) is 11.3 Å². The second kappa shape index (κ2) is 5.27. The van der Waals surface area contributed by atoms with E-state index in [1.54, 1.807) is 32.2 Å². The molecule has 0 bridgehead atoms. The number of fused-ring (bicyclic) bond motifs is 1. The molecule has 0 fully saturated rings. The van der Waals surface area contributed by atoms with Crippen LogP contribution in [0.25, 0.3) is 11.1 Å². The Morgan fingerprint density at radius 1 is 1.61 bits per heavy atom. The molecule has 0 aliphatic carbocycles. The summed E-state index contributed by atoms with van der Waals surface area (Å²) in [7, 11) is 1.59. The average Bonchev–Trinajstić information content (AvgIpc) is 2.77. The Labute approximate surface area is 109 Å². The SMILES string of the molecule is COc1ccc2oc(CNC(=O)C(C)Cl)nc2c1. The highest BCUT2D eigenvalue weighted by Crippen LogP contribution is 2.21. The van der Waals surface area contributed by atoms with Gasteiger partial charge in [0.15, 0.2) is 5.58 Å². The first-order valence-electron chi connectivity index (χ1n) is 5.45. The van der Waals surface area contributed by atoms with E-state index in [1.165, 1.54) is 0 Å². The van der Waals surface area contributed by atoms with Crippen LogP contribution in [0.15, 0.2) is 22.6 Å². The van der Waals surface area contributed by atoms with Crippen molar-refractivity contribution in [1.82, 2.24) is 10.3 Å². The molecule has 1 aromatic heterocycles. The van der Waals surface area contributed by atoms with Crippen molar-refractivity contribution in [1.29, 1.82) is 0 Å². The number of benzene rings is 1. The number of oxazole rings is 1. The summed E-state index contributed by atoms with van der Waals surface area (Å²) in [4.78, 5) is 15.5. The number of halogens is 1. The molecule has 96 valence electrons. The number of ether oxygens (including phenoxy) is 1. The third-order valence-electron chi connectivity index (χ3n) is 2.41. The minimum Gasteiger partial charge on any atom is -0.497 e. The molecule has 1 aromatic carbocycles. The number of amides is 1. The van der Waals surface area contributed by atoms with Crippen LogP contribution in [0.4, 0.5) is 0 Å². The lowest BCUT2D eigenvalue weighted by atomic mass is 10.3. The Bertz CT molecular complexity index is 565. The average molecular weight is 269 g/mol. The second-order valence-electron chi connectivity index (χ2n) is 3.78. The van der Waals surface area contributed by atoms with Gasteiger partial charge in [-0.3, -0.25) is 4.79 Å². The molecule has 0 saturated carbocycles. The van der Waals surface area contributed by atoms with Crippen molar-refractivity contribution >= 4 is 28.6 Å². The van der Waals surface area contributed by atoms with Crippen molar-refractivity contribution < 1.29 is 13.9 Å². The molecule has 1 amide bonds. The predicted octanol–water partition coefficient (Wildman–Crippen LogP) is 2.08. The van der Waals surface area contributed by atoms with E-state index in [4.69, 9.17) is 20.8 Å². The fraction of sp³-hybridized carbons (Fsp3) is 0.333. The molecule has 0 radical (unpaired) electrons. The molecule has 1 unspecified atom stereocenters. The zero-order valence-corrected chi connectivity index (χ0v) is 10.8. The zero-order chi connectivity index (χ0) is 13.1. The van der Waals surface area contributed by atoms with Gasteiger partial charge in [-0.25, -0.2) is 4.98 Å². The molecule has 0 aliphatic heterocycles. The number of hydrogen-bond acceptors (Lipinski definition) is 4. The number of nitrogens with zero attached hydrogens (tertiary/aromatic N) is 1. The Morgan fingerprint density at radius 3 is 3.06 bits per heavy atom. The minimum atomic E-state index is -0.575. The van der Waals surface area contributed by atoms with Gasteiger partial charge in [0.05, 0.1) is 13.7 Å². The lowest BCUT2D eigenvalue weighted by Crippen LogP contribution is -2.29. The number of hydrogen-bond donors (Lipinski definition) is 1. The lowest BCUT2D eigenvalue weighted by molar-refractivity contribution is -0.120. The summed E-state index contributed by atoms with van der Waals surface area (Å²) in [5, 5.41) is 2.06. The molecule has 1 N–H and O–H groups in total. The van der Waals surface area contributed by atoms with E-state index >= 15 is 0 Å². The van der Waals surface area contributed by atoms with Crippen LogP contribution in [-0.4, -0.2) is 23.4 Å². The van der Waals surface area contributed by atoms with Gasteiger partial charge >= 0.3 is 0 Å². The van der Waals surface area contributed by atoms with Gasteiger partial charge < -0.3 is 14.5 Å². The van der Waals surface area contributed by atoms with E-state index in [-0.39, 0.29) is 12.5 Å². The highest BCUT2D eigenvalue weighted by molar-refractivity contribution is 6.30. The van der Waals surface area contributed by atoms with Gasteiger partial charge in [-0.05, 0) is 19.1 Å². The maximum absolute atomic E-state index is 11.3. The van der Waals surface area contributed by atoms with Crippen molar-refractivity contribution in [2.45, 2.75) is 18.8 Å². The summed E-state index contributed by atoms with van der Waals surface area (Å²) in [6, 6.07) is 5.34. The number of carbonyl (C=O) groups is 1. The summed E-state index contributed by atoms with van der Waals surface area (Å²) in [6.45, 7) is 1.82.